The quantitative estimate of drug-likeness (QED) is 0.456. The number of carbonyl (C=O) groups excluding carboxylic acids is 2. The molecule has 3 rings (SSSR count). The number of sulfonamides is 1. The van der Waals surface area contributed by atoms with Crippen LogP contribution in [0.15, 0.2) is 83.8 Å². The predicted octanol–water partition coefficient (Wildman–Crippen LogP) is 3.31. The number of nitrogens with zero attached hydrogens (tertiary/aromatic N) is 2. The van der Waals surface area contributed by atoms with Gasteiger partial charge in [-0.25, -0.2) is 8.42 Å². The first-order valence-corrected chi connectivity index (χ1v) is 13.2. The fourth-order valence-corrected chi connectivity index (χ4v) is 4.99. The van der Waals surface area contributed by atoms with Crippen molar-refractivity contribution in [2.45, 2.75) is 37.8 Å². The van der Waals surface area contributed by atoms with Crippen LogP contribution in [0.2, 0.25) is 0 Å². The fraction of sp³-hybridized carbons (Fsp3) is 0.286. The lowest BCUT2D eigenvalue weighted by atomic mass is 10.0. The summed E-state index contributed by atoms with van der Waals surface area (Å²) in [5, 5.41) is 2.67. The Hall–Kier alpha value is -3.49. The second kappa shape index (κ2) is 12.0. The molecule has 0 aliphatic rings. The predicted molar refractivity (Wildman–Crippen MR) is 141 cm³/mol. The van der Waals surface area contributed by atoms with E-state index >= 15 is 0 Å². The lowest BCUT2D eigenvalue weighted by Gasteiger charge is -2.32. The molecule has 0 saturated heterocycles. The maximum Gasteiger partial charge on any atom is 0.243 e. The molecule has 0 saturated carbocycles. The van der Waals surface area contributed by atoms with Crippen molar-refractivity contribution >= 4 is 21.8 Å². The number of likely N-dealkylation sites (N-methyl/N-ethyl adjacent to an activating group) is 2. The van der Waals surface area contributed by atoms with Gasteiger partial charge in [-0.15, -0.1) is 0 Å². The van der Waals surface area contributed by atoms with Gasteiger partial charge in [-0.1, -0.05) is 77.9 Å². The molecule has 0 bridgehead atoms. The summed E-state index contributed by atoms with van der Waals surface area (Å²) in [5.41, 5.74) is 3.76. The van der Waals surface area contributed by atoms with Gasteiger partial charge in [0.2, 0.25) is 21.8 Å². The van der Waals surface area contributed by atoms with Crippen LogP contribution in [0.3, 0.4) is 0 Å². The number of nitrogens with one attached hydrogen (secondary N) is 1. The summed E-state index contributed by atoms with van der Waals surface area (Å²) < 4.78 is 27.3. The average Bonchev–Trinajstić information content (AvgIpc) is 2.87. The molecular weight excluding hydrogens is 474 g/mol. The van der Waals surface area contributed by atoms with E-state index < -0.39 is 28.5 Å². The molecule has 0 unspecified atom stereocenters. The van der Waals surface area contributed by atoms with Gasteiger partial charge in [-0.2, -0.15) is 4.31 Å². The minimum atomic E-state index is -3.89. The molecule has 0 aliphatic carbocycles. The van der Waals surface area contributed by atoms with Crippen LogP contribution in [0.1, 0.15) is 22.3 Å². The molecule has 8 heteroatoms. The molecule has 7 nitrogen and oxygen atoms in total. The second-order valence-corrected chi connectivity index (χ2v) is 10.9. The Bertz CT molecular complexity index is 1270. The number of hydrogen-bond acceptors (Lipinski definition) is 4. The van der Waals surface area contributed by atoms with Crippen LogP contribution in [-0.2, 0) is 32.6 Å². The highest BCUT2D eigenvalue weighted by molar-refractivity contribution is 7.89. The van der Waals surface area contributed by atoms with Gasteiger partial charge >= 0.3 is 0 Å². The third kappa shape index (κ3) is 6.80. The van der Waals surface area contributed by atoms with Crippen LogP contribution >= 0.6 is 0 Å². The minimum Gasteiger partial charge on any atom is -0.357 e. The summed E-state index contributed by atoms with van der Waals surface area (Å²) >= 11 is 0. The largest absolute Gasteiger partial charge is 0.357 e. The van der Waals surface area contributed by atoms with Crippen LogP contribution in [0, 0.1) is 13.8 Å². The number of amides is 2. The average molecular weight is 508 g/mol. The van der Waals surface area contributed by atoms with Crippen LogP contribution in [0.25, 0.3) is 0 Å². The SMILES string of the molecule is CNC(=O)[C@@H](Cc1ccccc1)N(Cc1ccc(C)cc1)C(=O)CN(C)S(=O)(=O)c1ccc(C)cc1. The molecule has 2 amide bonds. The van der Waals surface area contributed by atoms with E-state index in [1.54, 1.807) is 12.1 Å². The highest BCUT2D eigenvalue weighted by Crippen LogP contribution is 2.18. The molecule has 0 fully saturated rings. The van der Waals surface area contributed by atoms with Crippen molar-refractivity contribution in [1.82, 2.24) is 14.5 Å². The Morgan fingerprint density at radius 3 is 1.94 bits per heavy atom. The Morgan fingerprint density at radius 2 is 1.39 bits per heavy atom. The molecule has 0 aliphatic heterocycles. The summed E-state index contributed by atoms with van der Waals surface area (Å²) in [6, 6.07) is 22.8. The zero-order chi connectivity index (χ0) is 26.3. The zero-order valence-electron chi connectivity index (χ0n) is 21.1. The molecule has 0 spiro atoms. The first-order chi connectivity index (χ1) is 17.1. The monoisotopic (exact) mass is 507 g/mol. The van der Waals surface area contributed by atoms with Gasteiger partial charge in [0.1, 0.15) is 6.04 Å². The van der Waals surface area contributed by atoms with Crippen molar-refractivity contribution in [2.24, 2.45) is 0 Å². The number of benzene rings is 3. The number of carbonyl (C=O) groups is 2. The fourth-order valence-electron chi connectivity index (χ4n) is 3.87. The molecule has 0 heterocycles. The number of aryl methyl sites for hydroxylation is 2. The normalized spacial score (nSPS) is 12.2. The summed E-state index contributed by atoms with van der Waals surface area (Å²) in [5.74, 6) is -0.776. The van der Waals surface area contributed by atoms with Crippen molar-refractivity contribution in [2.75, 3.05) is 20.6 Å². The van der Waals surface area contributed by atoms with E-state index in [1.807, 2.05) is 68.4 Å². The van der Waals surface area contributed by atoms with Gasteiger partial charge in [0.05, 0.1) is 11.4 Å². The molecule has 3 aromatic carbocycles. The standard InChI is InChI=1S/C28H33N3O4S/c1-21-10-14-24(15-11-21)19-31(26(28(33)29-3)18-23-8-6-5-7-9-23)27(32)20-30(4)36(34,35)25-16-12-22(2)13-17-25/h5-17,26H,18-20H2,1-4H3,(H,29,33)/t26-/m1/s1. The molecule has 3 aromatic rings. The highest BCUT2D eigenvalue weighted by Gasteiger charge is 2.32. The number of rotatable bonds is 10. The second-order valence-electron chi connectivity index (χ2n) is 8.90. The van der Waals surface area contributed by atoms with Crippen molar-refractivity contribution in [3.63, 3.8) is 0 Å². The maximum atomic E-state index is 13.6. The first kappa shape index (κ1) is 27.1. The summed E-state index contributed by atoms with van der Waals surface area (Å²) in [6.07, 6.45) is 0.298. The van der Waals surface area contributed by atoms with Crippen molar-refractivity contribution in [1.29, 1.82) is 0 Å². The third-order valence-electron chi connectivity index (χ3n) is 6.08. The van der Waals surface area contributed by atoms with E-state index in [-0.39, 0.29) is 17.3 Å². The van der Waals surface area contributed by atoms with Gasteiger partial charge in [-0.05, 0) is 37.1 Å². The van der Waals surface area contributed by atoms with Crippen molar-refractivity contribution in [3.8, 4) is 0 Å². The molecule has 1 atom stereocenters. The zero-order valence-corrected chi connectivity index (χ0v) is 22.0. The molecule has 0 aromatic heterocycles. The van der Waals surface area contributed by atoms with Gasteiger partial charge < -0.3 is 10.2 Å². The summed E-state index contributed by atoms with van der Waals surface area (Å²) in [6.45, 7) is 3.62. The van der Waals surface area contributed by atoms with Crippen LogP contribution in [0.4, 0.5) is 0 Å². The van der Waals surface area contributed by atoms with Gasteiger partial charge in [0.25, 0.3) is 0 Å². The van der Waals surface area contributed by atoms with E-state index in [0.717, 1.165) is 26.6 Å². The van der Waals surface area contributed by atoms with E-state index in [9.17, 15) is 18.0 Å². The summed E-state index contributed by atoms with van der Waals surface area (Å²) in [4.78, 5) is 28.2. The molecule has 190 valence electrons. The summed E-state index contributed by atoms with van der Waals surface area (Å²) in [7, 11) is -0.979. The Kier molecular flexibility index (Phi) is 9.01. The molecule has 0 radical (unpaired) electrons. The number of hydrogen-bond donors (Lipinski definition) is 1. The van der Waals surface area contributed by atoms with Crippen molar-refractivity contribution in [3.05, 3.63) is 101 Å². The van der Waals surface area contributed by atoms with Gasteiger partial charge in [-0.3, -0.25) is 9.59 Å². The Balaban J connectivity index is 1.93. The van der Waals surface area contributed by atoms with Crippen molar-refractivity contribution < 1.29 is 18.0 Å². The lowest BCUT2D eigenvalue weighted by Crippen LogP contribution is -2.52. The van der Waals surface area contributed by atoms with Crippen LogP contribution < -0.4 is 5.32 Å². The van der Waals surface area contributed by atoms with Crippen LogP contribution in [0.5, 0.6) is 0 Å². The lowest BCUT2D eigenvalue weighted by molar-refractivity contribution is -0.141. The van der Waals surface area contributed by atoms with E-state index in [4.69, 9.17) is 0 Å². The minimum absolute atomic E-state index is 0.112. The molecule has 36 heavy (non-hydrogen) atoms. The van der Waals surface area contributed by atoms with Gasteiger partial charge in [0.15, 0.2) is 0 Å². The Labute approximate surface area is 213 Å². The molecule has 1 N–H and O–H groups in total. The maximum absolute atomic E-state index is 13.6. The first-order valence-electron chi connectivity index (χ1n) is 11.8. The van der Waals surface area contributed by atoms with Crippen LogP contribution in [-0.4, -0.2) is 56.1 Å². The van der Waals surface area contributed by atoms with E-state index in [1.165, 1.54) is 31.1 Å². The van der Waals surface area contributed by atoms with E-state index in [0.29, 0.717) is 6.42 Å². The van der Waals surface area contributed by atoms with Gasteiger partial charge in [0, 0.05) is 27.1 Å². The topological polar surface area (TPSA) is 86.8 Å². The smallest absolute Gasteiger partial charge is 0.243 e. The Morgan fingerprint density at radius 1 is 0.833 bits per heavy atom. The molecular formula is C28H33N3O4S. The highest BCUT2D eigenvalue weighted by atomic mass is 32.2. The third-order valence-corrected chi connectivity index (χ3v) is 7.90. The van der Waals surface area contributed by atoms with E-state index in [2.05, 4.69) is 5.32 Å².